The van der Waals surface area contributed by atoms with Gasteiger partial charge in [-0.25, -0.2) is 0 Å². The molecule has 0 heterocycles. The van der Waals surface area contributed by atoms with Crippen LogP contribution < -0.4 is 0 Å². The van der Waals surface area contributed by atoms with Crippen molar-refractivity contribution in [2.45, 2.75) is 32.6 Å². The molecule has 0 saturated carbocycles. The summed E-state index contributed by atoms with van der Waals surface area (Å²) in [6, 6.07) is 0. The highest BCUT2D eigenvalue weighted by molar-refractivity contribution is 5.69. The third kappa shape index (κ3) is 41.0. The van der Waals surface area contributed by atoms with E-state index in [-0.39, 0.29) is 12.4 Å². The Morgan fingerprint density at radius 1 is 0.333 bits per heavy atom. The van der Waals surface area contributed by atoms with E-state index in [1.165, 1.54) is 20.0 Å². The van der Waals surface area contributed by atoms with Crippen LogP contribution in [0.1, 0.15) is 32.6 Å². The fraction of sp³-hybridized carbons (Fsp3) is 0.968. The number of methoxy groups -OCH3 is 1. The first-order valence-electron chi connectivity index (χ1n) is 16.3. The van der Waals surface area contributed by atoms with Crippen molar-refractivity contribution in [2.75, 3.05) is 166 Å². The molecule has 0 aliphatic rings. The molecule has 45 heavy (non-hydrogen) atoms. The number of carbonyl (C=O) groups is 1. The normalized spacial score (nSPS) is 11.4. The molecule has 0 aromatic rings. The number of hydrogen-bond donors (Lipinski definition) is 0. The Hall–Kier alpha value is -1.01. The molecule has 0 fully saturated rings. The molecule has 0 bridgehead atoms. The van der Waals surface area contributed by atoms with Gasteiger partial charge in [0, 0.05) is 6.61 Å². The Morgan fingerprint density at radius 3 is 0.778 bits per heavy atom. The molecule has 14 heteroatoms. The lowest BCUT2D eigenvalue weighted by molar-refractivity contribution is -0.141. The number of ether oxygens (including phenoxy) is 13. The van der Waals surface area contributed by atoms with Gasteiger partial charge in [0.15, 0.2) is 0 Å². The number of hydrogen-bond acceptors (Lipinski definition) is 14. The van der Waals surface area contributed by atoms with Crippen molar-refractivity contribution in [1.29, 1.82) is 0 Å². The fourth-order valence-electron chi connectivity index (χ4n) is 3.23. The van der Waals surface area contributed by atoms with Crippen LogP contribution in [0.5, 0.6) is 0 Å². The summed E-state index contributed by atoms with van der Waals surface area (Å²) < 4.78 is 69.8. The second-order valence-corrected chi connectivity index (χ2v) is 9.38. The summed E-state index contributed by atoms with van der Waals surface area (Å²) in [5.74, 6) is -0.285. The standard InChI is InChI=1S/C31H62O14/c1-3-4-5-7-34-9-11-36-13-15-38-17-19-40-21-23-42-25-27-44-29-30-45-28-26-43-24-22-41-20-18-39-16-14-37-12-10-35-8-6-31(32)33-2/h3-30H2,1-2H3. The summed E-state index contributed by atoms with van der Waals surface area (Å²) >= 11 is 0. The highest BCUT2D eigenvalue weighted by Gasteiger charge is 1.99. The van der Waals surface area contributed by atoms with E-state index >= 15 is 0 Å². The quantitative estimate of drug-likeness (QED) is 0.0700. The topological polar surface area (TPSA) is 137 Å². The van der Waals surface area contributed by atoms with E-state index in [0.717, 1.165) is 13.0 Å². The van der Waals surface area contributed by atoms with Crippen LogP contribution in [-0.4, -0.2) is 172 Å². The summed E-state index contributed by atoms with van der Waals surface area (Å²) in [7, 11) is 1.35. The van der Waals surface area contributed by atoms with Gasteiger partial charge >= 0.3 is 5.97 Å². The average molecular weight is 659 g/mol. The lowest BCUT2D eigenvalue weighted by Crippen LogP contribution is -2.15. The molecule has 0 aliphatic carbocycles. The van der Waals surface area contributed by atoms with Crippen LogP contribution in [0.3, 0.4) is 0 Å². The second kappa shape index (κ2) is 41.0. The van der Waals surface area contributed by atoms with Crippen LogP contribution in [0, 0.1) is 0 Å². The Bertz CT molecular complexity index is 558. The predicted octanol–water partition coefficient (Wildman–Crippen LogP) is 1.94. The molecule has 0 rings (SSSR count). The van der Waals surface area contributed by atoms with E-state index in [2.05, 4.69) is 11.7 Å². The van der Waals surface area contributed by atoms with Crippen LogP contribution in [0.4, 0.5) is 0 Å². The molecule has 0 amide bonds. The van der Waals surface area contributed by atoms with Crippen LogP contribution in [0.2, 0.25) is 0 Å². The van der Waals surface area contributed by atoms with Gasteiger partial charge in [-0.05, 0) is 6.42 Å². The van der Waals surface area contributed by atoms with Crippen molar-refractivity contribution in [3.05, 3.63) is 0 Å². The van der Waals surface area contributed by atoms with E-state index in [0.29, 0.717) is 152 Å². The minimum atomic E-state index is -0.285. The molecule has 270 valence electrons. The minimum absolute atomic E-state index is 0.246. The van der Waals surface area contributed by atoms with Gasteiger partial charge in [0.25, 0.3) is 0 Å². The number of rotatable bonds is 40. The third-order valence-corrected chi connectivity index (χ3v) is 5.66. The van der Waals surface area contributed by atoms with Crippen LogP contribution in [-0.2, 0) is 66.4 Å². The van der Waals surface area contributed by atoms with Crippen LogP contribution in [0.25, 0.3) is 0 Å². The van der Waals surface area contributed by atoms with Crippen LogP contribution in [0.15, 0.2) is 0 Å². The Morgan fingerprint density at radius 2 is 0.556 bits per heavy atom. The Balaban J connectivity index is 3.05. The average Bonchev–Trinajstić information content (AvgIpc) is 3.05. The molecular weight excluding hydrogens is 596 g/mol. The number of unbranched alkanes of at least 4 members (excludes halogenated alkanes) is 2. The summed E-state index contributed by atoms with van der Waals surface area (Å²) in [6.45, 7) is 14.6. The maximum absolute atomic E-state index is 10.9. The summed E-state index contributed by atoms with van der Waals surface area (Å²) in [5, 5.41) is 0. The first-order valence-corrected chi connectivity index (χ1v) is 16.3. The number of esters is 1. The van der Waals surface area contributed by atoms with Crippen molar-refractivity contribution in [3.63, 3.8) is 0 Å². The summed E-state index contributed by atoms with van der Waals surface area (Å²) in [5.41, 5.74) is 0. The lowest BCUT2D eigenvalue weighted by atomic mass is 10.3. The van der Waals surface area contributed by atoms with Gasteiger partial charge in [-0.1, -0.05) is 19.8 Å². The molecule has 14 nitrogen and oxygen atoms in total. The predicted molar refractivity (Wildman–Crippen MR) is 166 cm³/mol. The van der Waals surface area contributed by atoms with Crippen molar-refractivity contribution < 1.29 is 66.4 Å². The first kappa shape index (κ1) is 44.0. The second-order valence-electron chi connectivity index (χ2n) is 9.38. The minimum Gasteiger partial charge on any atom is -0.469 e. The molecule has 0 atom stereocenters. The largest absolute Gasteiger partial charge is 0.469 e. The summed E-state index contributed by atoms with van der Waals surface area (Å²) in [6.07, 6.45) is 3.78. The fourth-order valence-corrected chi connectivity index (χ4v) is 3.23. The molecular formula is C31H62O14. The molecule has 0 radical (unpaired) electrons. The smallest absolute Gasteiger partial charge is 0.307 e. The van der Waals surface area contributed by atoms with E-state index in [1.54, 1.807) is 0 Å². The van der Waals surface area contributed by atoms with Gasteiger partial charge in [0.2, 0.25) is 0 Å². The molecule has 0 aromatic heterocycles. The zero-order chi connectivity index (χ0) is 32.6. The number of carbonyl (C=O) groups excluding carboxylic acids is 1. The van der Waals surface area contributed by atoms with E-state index in [9.17, 15) is 4.79 Å². The van der Waals surface area contributed by atoms with Gasteiger partial charge in [0.05, 0.1) is 165 Å². The lowest BCUT2D eigenvalue weighted by Gasteiger charge is -2.09. The highest BCUT2D eigenvalue weighted by Crippen LogP contribution is 1.94. The van der Waals surface area contributed by atoms with Gasteiger partial charge in [0.1, 0.15) is 0 Å². The monoisotopic (exact) mass is 658 g/mol. The third-order valence-electron chi connectivity index (χ3n) is 5.66. The molecule has 0 N–H and O–H groups in total. The highest BCUT2D eigenvalue weighted by atomic mass is 16.6. The van der Waals surface area contributed by atoms with E-state index in [4.69, 9.17) is 56.8 Å². The summed E-state index contributed by atoms with van der Waals surface area (Å²) in [4.78, 5) is 10.9. The van der Waals surface area contributed by atoms with E-state index in [1.807, 2.05) is 0 Å². The zero-order valence-electron chi connectivity index (χ0n) is 28.0. The molecule has 0 spiro atoms. The van der Waals surface area contributed by atoms with Gasteiger partial charge in [-0.2, -0.15) is 0 Å². The van der Waals surface area contributed by atoms with Crippen molar-refractivity contribution in [1.82, 2.24) is 0 Å². The van der Waals surface area contributed by atoms with Gasteiger partial charge < -0.3 is 61.6 Å². The van der Waals surface area contributed by atoms with Gasteiger partial charge in [-0.3, -0.25) is 4.79 Å². The van der Waals surface area contributed by atoms with Gasteiger partial charge in [-0.15, -0.1) is 0 Å². The molecule has 0 aliphatic heterocycles. The molecule has 0 saturated heterocycles. The van der Waals surface area contributed by atoms with Crippen LogP contribution >= 0.6 is 0 Å². The SMILES string of the molecule is CCCCCOCCOCCOCCOCCOCCOCCOCCOCCOCCOCCOCCOCCC(=O)OC. The van der Waals surface area contributed by atoms with Crippen molar-refractivity contribution in [3.8, 4) is 0 Å². The maximum atomic E-state index is 10.9. The van der Waals surface area contributed by atoms with Crippen molar-refractivity contribution in [2.24, 2.45) is 0 Å². The van der Waals surface area contributed by atoms with Crippen molar-refractivity contribution >= 4 is 5.97 Å². The molecule has 0 unspecified atom stereocenters. The maximum Gasteiger partial charge on any atom is 0.307 e. The Kier molecular flexibility index (Phi) is 40.1. The van der Waals surface area contributed by atoms with E-state index < -0.39 is 0 Å². The Labute approximate surface area is 270 Å². The molecule has 0 aromatic carbocycles. The first-order chi connectivity index (χ1) is 22.3. The zero-order valence-corrected chi connectivity index (χ0v) is 28.0.